The molecular formula is C20H24ClFN2O3S. The molecule has 0 spiro atoms. The molecule has 8 heteroatoms. The molecule has 0 aliphatic carbocycles. The van der Waals surface area contributed by atoms with Crippen LogP contribution in [-0.4, -0.2) is 33.2 Å². The first-order valence-corrected chi connectivity index (χ1v) is 11.2. The highest BCUT2D eigenvalue weighted by Crippen LogP contribution is 2.24. The molecule has 0 bridgehead atoms. The topological polar surface area (TPSA) is 66.5 Å². The van der Waals surface area contributed by atoms with Gasteiger partial charge in [0.25, 0.3) is 0 Å². The number of anilines is 1. The van der Waals surface area contributed by atoms with E-state index in [-0.39, 0.29) is 11.7 Å². The molecule has 0 fully saturated rings. The lowest BCUT2D eigenvalue weighted by Gasteiger charge is -2.30. The number of benzene rings is 2. The van der Waals surface area contributed by atoms with E-state index in [9.17, 15) is 17.6 Å². The lowest BCUT2D eigenvalue weighted by atomic mass is 10.1. The summed E-state index contributed by atoms with van der Waals surface area (Å²) in [5.41, 5.74) is 1.36. The predicted octanol–water partition coefficient (Wildman–Crippen LogP) is 3.77. The first-order chi connectivity index (χ1) is 13.2. The van der Waals surface area contributed by atoms with Crippen molar-refractivity contribution >= 4 is 33.2 Å². The van der Waals surface area contributed by atoms with Gasteiger partial charge >= 0.3 is 0 Å². The third-order valence-corrected chi connectivity index (χ3v) is 5.70. The molecule has 5 nitrogen and oxygen atoms in total. The standard InChI is InChI=1S/C20H24ClFN2O3S/c1-3-19(24(28(2,26)27)18-12-8-16(21)9-13-18)20(25)23-14-4-5-15-6-10-17(22)11-7-15/h6-13,19H,3-5,14H2,1-2H3,(H,23,25)/t19-/m0/s1. The number of carbonyl (C=O) groups is 1. The molecule has 0 aliphatic heterocycles. The third kappa shape index (κ3) is 6.21. The van der Waals surface area contributed by atoms with Crippen LogP contribution in [0, 0.1) is 5.82 Å². The molecule has 0 aliphatic rings. The van der Waals surface area contributed by atoms with Crippen molar-refractivity contribution in [2.45, 2.75) is 32.2 Å². The Morgan fingerprint density at radius 1 is 1.14 bits per heavy atom. The number of nitrogens with zero attached hydrogens (tertiary/aromatic N) is 1. The zero-order valence-corrected chi connectivity index (χ0v) is 17.4. The van der Waals surface area contributed by atoms with Gasteiger partial charge in [0, 0.05) is 11.6 Å². The number of amides is 1. The van der Waals surface area contributed by atoms with Crippen LogP contribution in [0.4, 0.5) is 10.1 Å². The van der Waals surface area contributed by atoms with Gasteiger partial charge in [0.1, 0.15) is 11.9 Å². The van der Waals surface area contributed by atoms with Crippen LogP contribution in [0.15, 0.2) is 48.5 Å². The summed E-state index contributed by atoms with van der Waals surface area (Å²) in [6, 6.07) is 11.7. The number of rotatable bonds is 9. The molecular weight excluding hydrogens is 403 g/mol. The maximum absolute atomic E-state index is 12.9. The fourth-order valence-electron chi connectivity index (χ4n) is 2.92. The van der Waals surface area contributed by atoms with E-state index in [1.54, 1.807) is 43.3 Å². The summed E-state index contributed by atoms with van der Waals surface area (Å²) in [4.78, 5) is 12.7. The Balaban J connectivity index is 2.02. The van der Waals surface area contributed by atoms with Crippen LogP contribution in [0.3, 0.4) is 0 Å². The monoisotopic (exact) mass is 426 g/mol. The van der Waals surface area contributed by atoms with E-state index in [1.807, 2.05) is 0 Å². The summed E-state index contributed by atoms with van der Waals surface area (Å²) in [5, 5.41) is 3.29. The highest BCUT2D eigenvalue weighted by Gasteiger charge is 2.31. The van der Waals surface area contributed by atoms with Crippen LogP contribution in [-0.2, 0) is 21.2 Å². The fraction of sp³-hybridized carbons (Fsp3) is 0.350. The molecule has 0 heterocycles. The van der Waals surface area contributed by atoms with Gasteiger partial charge < -0.3 is 5.32 Å². The van der Waals surface area contributed by atoms with Crippen molar-refractivity contribution in [1.82, 2.24) is 5.32 Å². The van der Waals surface area contributed by atoms with Crippen molar-refractivity contribution in [1.29, 1.82) is 0 Å². The van der Waals surface area contributed by atoms with Gasteiger partial charge in [0.15, 0.2) is 0 Å². The Bertz CT molecular complexity index is 887. The van der Waals surface area contributed by atoms with Crippen molar-refractivity contribution in [3.8, 4) is 0 Å². The van der Waals surface area contributed by atoms with Gasteiger partial charge in [-0.05, 0) is 61.2 Å². The van der Waals surface area contributed by atoms with E-state index in [4.69, 9.17) is 11.6 Å². The average molecular weight is 427 g/mol. The predicted molar refractivity (Wildman–Crippen MR) is 111 cm³/mol. The third-order valence-electron chi connectivity index (χ3n) is 4.27. The molecule has 0 radical (unpaired) electrons. The van der Waals surface area contributed by atoms with Crippen LogP contribution >= 0.6 is 11.6 Å². The quantitative estimate of drug-likeness (QED) is 0.620. The largest absolute Gasteiger partial charge is 0.354 e. The first-order valence-electron chi connectivity index (χ1n) is 8.99. The maximum Gasteiger partial charge on any atom is 0.243 e. The Hall–Kier alpha value is -2.12. The normalized spacial score (nSPS) is 12.4. The van der Waals surface area contributed by atoms with Gasteiger partial charge in [0.05, 0.1) is 11.9 Å². The number of halogens is 2. The fourth-order valence-corrected chi connectivity index (χ4v) is 4.26. The van der Waals surface area contributed by atoms with Gasteiger partial charge in [0.2, 0.25) is 15.9 Å². The number of nitrogens with one attached hydrogen (secondary N) is 1. The van der Waals surface area contributed by atoms with Crippen molar-refractivity contribution in [3.63, 3.8) is 0 Å². The summed E-state index contributed by atoms with van der Waals surface area (Å²) in [7, 11) is -3.67. The number of aryl methyl sites for hydroxylation is 1. The van der Waals surface area contributed by atoms with E-state index in [2.05, 4.69) is 5.32 Å². The number of hydrogen-bond donors (Lipinski definition) is 1. The van der Waals surface area contributed by atoms with Crippen molar-refractivity contribution in [2.75, 3.05) is 17.1 Å². The number of sulfonamides is 1. The van der Waals surface area contributed by atoms with E-state index in [1.165, 1.54) is 12.1 Å². The Morgan fingerprint density at radius 3 is 2.29 bits per heavy atom. The second-order valence-corrected chi connectivity index (χ2v) is 8.78. The van der Waals surface area contributed by atoms with E-state index < -0.39 is 16.1 Å². The van der Waals surface area contributed by atoms with Crippen molar-refractivity contribution in [3.05, 3.63) is 64.9 Å². The summed E-state index contributed by atoms with van der Waals surface area (Å²) < 4.78 is 38.7. The molecule has 2 aromatic rings. The lowest BCUT2D eigenvalue weighted by Crippen LogP contribution is -2.49. The molecule has 2 aromatic carbocycles. The van der Waals surface area contributed by atoms with Gasteiger partial charge in [-0.1, -0.05) is 30.7 Å². The molecule has 1 atom stereocenters. The second kappa shape index (κ2) is 9.89. The molecule has 0 unspecified atom stereocenters. The highest BCUT2D eigenvalue weighted by atomic mass is 35.5. The van der Waals surface area contributed by atoms with Crippen LogP contribution in [0.2, 0.25) is 5.02 Å². The van der Waals surface area contributed by atoms with E-state index >= 15 is 0 Å². The van der Waals surface area contributed by atoms with Gasteiger partial charge in [-0.25, -0.2) is 12.8 Å². The average Bonchev–Trinajstić information content (AvgIpc) is 2.64. The van der Waals surface area contributed by atoms with Gasteiger partial charge in [-0.3, -0.25) is 9.10 Å². The summed E-state index contributed by atoms with van der Waals surface area (Å²) in [5.74, 6) is -0.645. The molecule has 0 saturated heterocycles. The van der Waals surface area contributed by atoms with E-state index in [0.29, 0.717) is 36.5 Å². The number of hydrogen-bond acceptors (Lipinski definition) is 3. The van der Waals surface area contributed by atoms with Gasteiger partial charge in [-0.2, -0.15) is 0 Å². The van der Waals surface area contributed by atoms with Crippen LogP contribution in [0.1, 0.15) is 25.3 Å². The number of carbonyl (C=O) groups excluding carboxylic acids is 1. The molecule has 0 aromatic heterocycles. The zero-order valence-electron chi connectivity index (χ0n) is 15.9. The van der Waals surface area contributed by atoms with E-state index in [0.717, 1.165) is 16.1 Å². The zero-order chi connectivity index (χ0) is 20.7. The summed E-state index contributed by atoms with van der Waals surface area (Å²) in [6.07, 6.45) is 2.74. The molecule has 28 heavy (non-hydrogen) atoms. The minimum atomic E-state index is -3.67. The van der Waals surface area contributed by atoms with Gasteiger partial charge in [-0.15, -0.1) is 0 Å². The first kappa shape index (κ1) is 22.2. The Morgan fingerprint density at radius 2 is 1.75 bits per heavy atom. The lowest BCUT2D eigenvalue weighted by molar-refractivity contribution is -0.122. The molecule has 1 N–H and O–H groups in total. The van der Waals surface area contributed by atoms with Crippen LogP contribution in [0.25, 0.3) is 0 Å². The summed E-state index contributed by atoms with van der Waals surface area (Å²) >= 11 is 5.88. The second-order valence-electron chi connectivity index (χ2n) is 6.48. The smallest absolute Gasteiger partial charge is 0.243 e. The molecule has 152 valence electrons. The highest BCUT2D eigenvalue weighted by molar-refractivity contribution is 7.92. The summed E-state index contributed by atoms with van der Waals surface area (Å²) in [6.45, 7) is 2.15. The molecule has 2 rings (SSSR count). The molecule has 0 saturated carbocycles. The molecule has 1 amide bonds. The Kier molecular flexibility index (Phi) is 7.83. The van der Waals surface area contributed by atoms with Crippen LogP contribution in [0.5, 0.6) is 0 Å². The SMILES string of the molecule is CC[C@@H](C(=O)NCCCc1ccc(F)cc1)N(c1ccc(Cl)cc1)S(C)(=O)=O. The Labute approximate surface area is 170 Å². The minimum Gasteiger partial charge on any atom is -0.354 e. The van der Waals surface area contributed by atoms with Crippen LogP contribution < -0.4 is 9.62 Å². The maximum atomic E-state index is 12.9. The minimum absolute atomic E-state index is 0.286. The van der Waals surface area contributed by atoms with Crippen molar-refractivity contribution in [2.24, 2.45) is 0 Å². The van der Waals surface area contributed by atoms with Crippen molar-refractivity contribution < 1.29 is 17.6 Å².